The summed E-state index contributed by atoms with van der Waals surface area (Å²) in [4.78, 5) is 54.7. The lowest BCUT2D eigenvalue weighted by atomic mass is 9.79. The molecule has 0 spiro atoms. The van der Waals surface area contributed by atoms with E-state index >= 15 is 0 Å². The first-order chi connectivity index (χ1) is 17.4. The van der Waals surface area contributed by atoms with Crippen molar-refractivity contribution in [1.82, 2.24) is 15.3 Å². The fraction of sp³-hybridized carbons (Fsp3) is 0.286. The van der Waals surface area contributed by atoms with Gasteiger partial charge in [0.25, 0.3) is 11.5 Å². The molecule has 1 amide bonds. The summed E-state index contributed by atoms with van der Waals surface area (Å²) in [6.07, 6.45) is 1.11. The van der Waals surface area contributed by atoms with Gasteiger partial charge >= 0.3 is 5.97 Å². The maximum Gasteiger partial charge on any atom is 0.308 e. The van der Waals surface area contributed by atoms with Crippen molar-refractivity contribution >= 4 is 17.7 Å². The largest absolute Gasteiger partial charge is 0.481 e. The lowest BCUT2D eigenvalue weighted by Gasteiger charge is -2.25. The van der Waals surface area contributed by atoms with Crippen molar-refractivity contribution in [2.24, 2.45) is 5.92 Å². The molecule has 2 aromatic carbocycles. The molecule has 1 aromatic heterocycles. The SMILES string of the molecule is Cc1cc(C#N)ccc1-c1ccc(C(C)(C)CC(=O)c2cnc(C(=O)NCC(C)C(=O)O)[nH]c2=O)cc1. The number of rotatable bonds is 9. The number of carboxylic acid groups (broad SMARTS) is 1. The number of nitrogens with zero attached hydrogens (tertiary/aromatic N) is 2. The third-order valence-corrected chi connectivity index (χ3v) is 6.24. The molecule has 37 heavy (non-hydrogen) atoms. The molecule has 9 nitrogen and oxygen atoms in total. The number of hydrogen-bond acceptors (Lipinski definition) is 6. The summed E-state index contributed by atoms with van der Waals surface area (Å²) in [5.74, 6) is -3.32. The van der Waals surface area contributed by atoms with Crippen LogP contribution in [0.2, 0.25) is 0 Å². The van der Waals surface area contributed by atoms with E-state index in [9.17, 15) is 19.2 Å². The maximum atomic E-state index is 13.0. The van der Waals surface area contributed by atoms with Crippen LogP contribution in [0.25, 0.3) is 11.1 Å². The summed E-state index contributed by atoms with van der Waals surface area (Å²) in [7, 11) is 0. The van der Waals surface area contributed by atoms with Crippen LogP contribution in [0.3, 0.4) is 0 Å². The van der Waals surface area contributed by atoms with Crippen molar-refractivity contribution in [3.05, 3.63) is 87.1 Å². The van der Waals surface area contributed by atoms with Crippen LogP contribution in [0.15, 0.2) is 53.5 Å². The zero-order valence-electron chi connectivity index (χ0n) is 21.1. The zero-order valence-corrected chi connectivity index (χ0v) is 21.1. The number of ketones is 1. The number of benzene rings is 2. The number of aromatic nitrogens is 2. The highest BCUT2D eigenvalue weighted by atomic mass is 16.4. The van der Waals surface area contributed by atoms with Crippen LogP contribution in [-0.2, 0) is 10.2 Å². The van der Waals surface area contributed by atoms with Crippen LogP contribution < -0.4 is 10.9 Å². The number of Topliss-reactive ketones (excluding diaryl/α,β-unsaturated/α-hetero) is 1. The summed E-state index contributed by atoms with van der Waals surface area (Å²) in [5, 5.41) is 20.4. The standard InChI is InChI=1S/C28H28N4O5/c1-16-11-18(13-29)5-10-21(16)19-6-8-20(9-7-19)28(3,4)12-23(33)22-15-30-24(32-25(22)34)26(35)31-14-17(2)27(36)37/h5-11,15,17H,12,14H2,1-4H3,(H,31,35)(H,36,37)(H,30,32,34). The molecule has 1 atom stereocenters. The first-order valence-electron chi connectivity index (χ1n) is 11.7. The Morgan fingerprint density at radius 3 is 2.41 bits per heavy atom. The summed E-state index contributed by atoms with van der Waals surface area (Å²) in [6.45, 7) is 7.06. The predicted molar refractivity (Wildman–Crippen MR) is 137 cm³/mol. The molecule has 0 radical (unpaired) electrons. The van der Waals surface area contributed by atoms with Crippen LogP contribution in [0, 0.1) is 24.2 Å². The van der Waals surface area contributed by atoms with Crippen molar-refractivity contribution in [3.8, 4) is 17.2 Å². The van der Waals surface area contributed by atoms with Gasteiger partial charge in [-0.15, -0.1) is 0 Å². The first-order valence-corrected chi connectivity index (χ1v) is 11.7. The van der Waals surface area contributed by atoms with Crippen molar-refractivity contribution in [2.75, 3.05) is 6.54 Å². The number of aliphatic carboxylic acids is 1. The number of nitrogens with one attached hydrogen (secondary N) is 2. The van der Waals surface area contributed by atoms with Crippen LogP contribution in [0.1, 0.15) is 64.9 Å². The number of nitriles is 1. The Hall–Kier alpha value is -4.58. The van der Waals surface area contributed by atoms with E-state index in [0.29, 0.717) is 5.56 Å². The minimum absolute atomic E-state index is 0.0364. The molecule has 3 rings (SSSR count). The van der Waals surface area contributed by atoms with Crippen molar-refractivity contribution in [2.45, 2.75) is 39.5 Å². The molecule has 3 N–H and O–H groups in total. The van der Waals surface area contributed by atoms with E-state index in [1.807, 2.05) is 57.2 Å². The fourth-order valence-corrected chi connectivity index (χ4v) is 3.88. The zero-order chi connectivity index (χ0) is 27.3. The highest BCUT2D eigenvalue weighted by Crippen LogP contribution is 2.31. The Kier molecular flexibility index (Phi) is 8.03. The summed E-state index contributed by atoms with van der Waals surface area (Å²) < 4.78 is 0. The molecule has 0 aliphatic rings. The molecule has 1 heterocycles. The molecule has 0 fully saturated rings. The minimum atomic E-state index is -1.07. The maximum absolute atomic E-state index is 13.0. The smallest absolute Gasteiger partial charge is 0.308 e. The van der Waals surface area contributed by atoms with Crippen molar-refractivity contribution in [3.63, 3.8) is 0 Å². The van der Waals surface area contributed by atoms with Gasteiger partial charge in [-0.3, -0.25) is 19.2 Å². The van der Waals surface area contributed by atoms with Crippen molar-refractivity contribution < 1.29 is 19.5 Å². The fourth-order valence-electron chi connectivity index (χ4n) is 3.88. The van der Waals surface area contributed by atoms with E-state index in [4.69, 9.17) is 10.4 Å². The van der Waals surface area contributed by atoms with Gasteiger partial charge < -0.3 is 15.4 Å². The highest BCUT2D eigenvalue weighted by Gasteiger charge is 2.27. The van der Waals surface area contributed by atoms with Crippen LogP contribution >= 0.6 is 0 Å². The Labute approximate surface area is 214 Å². The number of aryl methyl sites for hydroxylation is 1. The van der Waals surface area contributed by atoms with Gasteiger partial charge in [-0.2, -0.15) is 5.26 Å². The molecule has 3 aromatic rings. The summed E-state index contributed by atoms with van der Waals surface area (Å²) >= 11 is 0. The van der Waals surface area contributed by atoms with E-state index < -0.39 is 34.6 Å². The minimum Gasteiger partial charge on any atom is -0.481 e. The van der Waals surface area contributed by atoms with Crippen LogP contribution in [0.5, 0.6) is 0 Å². The molecule has 9 heteroatoms. The predicted octanol–water partition coefficient (Wildman–Crippen LogP) is 3.62. The Morgan fingerprint density at radius 1 is 1.16 bits per heavy atom. The quantitative estimate of drug-likeness (QED) is 0.379. The normalized spacial score (nSPS) is 11.9. The molecule has 1 unspecified atom stereocenters. The monoisotopic (exact) mass is 500 g/mol. The molecule has 0 aliphatic carbocycles. The topological polar surface area (TPSA) is 153 Å². The lowest BCUT2D eigenvalue weighted by molar-refractivity contribution is -0.140. The van der Waals surface area contributed by atoms with Gasteiger partial charge in [-0.25, -0.2) is 4.98 Å². The number of H-pyrrole nitrogens is 1. The molecular formula is C28H28N4O5. The molecule has 0 saturated carbocycles. The molecule has 0 aliphatic heterocycles. The number of hydrogen-bond donors (Lipinski definition) is 3. The second-order valence-corrected chi connectivity index (χ2v) is 9.63. The third-order valence-electron chi connectivity index (χ3n) is 6.24. The second kappa shape index (κ2) is 11.0. The average molecular weight is 501 g/mol. The van der Waals surface area contributed by atoms with E-state index in [1.54, 1.807) is 6.07 Å². The number of amides is 1. The Bertz CT molecular complexity index is 1450. The van der Waals surface area contributed by atoms with Gasteiger partial charge in [0.15, 0.2) is 11.6 Å². The Balaban J connectivity index is 1.72. The highest BCUT2D eigenvalue weighted by molar-refractivity contribution is 5.97. The van der Waals surface area contributed by atoms with E-state index in [-0.39, 0.29) is 24.4 Å². The molecular weight excluding hydrogens is 472 g/mol. The van der Waals surface area contributed by atoms with Gasteiger partial charge in [0, 0.05) is 19.2 Å². The lowest BCUT2D eigenvalue weighted by Crippen LogP contribution is -2.34. The van der Waals surface area contributed by atoms with E-state index in [2.05, 4.69) is 21.4 Å². The second-order valence-electron chi connectivity index (χ2n) is 9.63. The summed E-state index contributed by atoms with van der Waals surface area (Å²) in [6, 6.07) is 15.5. The number of aromatic amines is 1. The third kappa shape index (κ3) is 6.35. The van der Waals surface area contributed by atoms with Crippen LogP contribution in [-0.4, -0.2) is 39.3 Å². The number of carbonyl (C=O) groups excluding carboxylic acids is 2. The van der Waals surface area contributed by atoms with Gasteiger partial charge in [0.2, 0.25) is 0 Å². The van der Waals surface area contributed by atoms with Gasteiger partial charge in [-0.1, -0.05) is 51.1 Å². The van der Waals surface area contributed by atoms with Gasteiger partial charge in [0.1, 0.15) is 5.56 Å². The molecule has 0 bridgehead atoms. The Morgan fingerprint density at radius 2 is 1.84 bits per heavy atom. The van der Waals surface area contributed by atoms with Gasteiger partial charge in [0.05, 0.1) is 17.6 Å². The van der Waals surface area contributed by atoms with E-state index in [1.165, 1.54) is 6.92 Å². The van der Waals surface area contributed by atoms with Crippen molar-refractivity contribution in [1.29, 1.82) is 5.26 Å². The number of carboxylic acids is 1. The average Bonchev–Trinajstić information content (AvgIpc) is 2.86. The molecule has 0 saturated heterocycles. The molecule has 190 valence electrons. The number of carbonyl (C=O) groups is 3. The van der Waals surface area contributed by atoms with Gasteiger partial charge in [-0.05, 0) is 46.7 Å². The van der Waals surface area contributed by atoms with E-state index in [0.717, 1.165) is 28.5 Å². The van der Waals surface area contributed by atoms with Crippen LogP contribution in [0.4, 0.5) is 0 Å². The summed E-state index contributed by atoms with van der Waals surface area (Å²) in [5.41, 5.74) is 3.00. The first kappa shape index (κ1) is 27.0.